The summed E-state index contributed by atoms with van der Waals surface area (Å²) in [7, 11) is -4.72. The van der Waals surface area contributed by atoms with Gasteiger partial charge in [0, 0.05) is 53.5 Å². The van der Waals surface area contributed by atoms with E-state index in [1.165, 1.54) is 79.4 Å². The van der Waals surface area contributed by atoms with Crippen molar-refractivity contribution in [2.45, 2.75) is 31.5 Å². The van der Waals surface area contributed by atoms with E-state index in [-0.39, 0.29) is 12.0 Å². The largest absolute Gasteiger partial charge is 0.333 e. The quantitative estimate of drug-likeness (QED) is 0.0980. The smallest absolute Gasteiger partial charge is 0.179 e. The fourth-order valence-electron chi connectivity index (χ4n) is 12.0. The van der Waals surface area contributed by atoms with Crippen molar-refractivity contribution in [3.8, 4) is 5.69 Å². The zero-order chi connectivity index (χ0) is 46.5. The second-order valence-corrected chi connectivity index (χ2v) is 25.3. The third kappa shape index (κ3) is 6.48. The molecule has 0 amide bonds. The molecule has 0 fully saturated rings. The highest BCUT2D eigenvalue weighted by Gasteiger charge is 2.46. The number of benzene rings is 10. The molecule has 2 unspecified atom stereocenters. The molecule has 1 aliphatic carbocycles. The first-order chi connectivity index (χ1) is 34.8. The molecular formula is C66H50N2SSi. The number of nitrogens with zero attached hydrogens (tertiary/aromatic N) is 2. The Hall–Kier alpha value is -8.15. The van der Waals surface area contributed by atoms with E-state index in [4.69, 9.17) is 0 Å². The van der Waals surface area contributed by atoms with E-state index >= 15 is 0 Å². The van der Waals surface area contributed by atoms with E-state index in [0.29, 0.717) is 0 Å². The van der Waals surface area contributed by atoms with Gasteiger partial charge in [0.05, 0.1) is 17.3 Å². The molecule has 0 saturated carbocycles. The van der Waals surface area contributed by atoms with Gasteiger partial charge in [-0.05, 0) is 111 Å². The van der Waals surface area contributed by atoms with Crippen molar-refractivity contribution >= 4 is 67.2 Å². The SMILES string of the molecule is C1=CC2c3ccccc3N(c3cccc([Si](c4ccccc4)(c4ccccc4)c4ccccc4)c3)C2c2c1n(-c1cccc(S(c3ccccc3)(c3ccccc3)c3ccccc3)c1)c1ccccc21. The first-order valence-electron chi connectivity index (χ1n) is 24.3. The lowest BCUT2D eigenvalue weighted by atomic mass is 9.84. The van der Waals surface area contributed by atoms with Gasteiger partial charge in [0.2, 0.25) is 0 Å². The average molecular weight is 931 g/mol. The van der Waals surface area contributed by atoms with Crippen molar-refractivity contribution in [3.63, 3.8) is 0 Å². The monoisotopic (exact) mass is 930 g/mol. The summed E-state index contributed by atoms with van der Waals surface area (Å²) in [6, 6.07) is 105. The van der Waals surface area contributed by atoms with E-state index in [1.54, 1.807) is 0 Å². The van der Waals surface area contributed by atoms with Crippen molar-refractivity contribution in [2.75, 3.05) is 4.90 Å². The average Bonchev–Trinajstić information content (AvgIpc) is 3.97. The molecule has 2 heterocycles. The van der Waals surface area contributed by atoms with E-state index in [1.807, 2.05) is 0 Å². The lowest BCUT2D eigenvalue weighted by Gasteiger charge is -2.42. The van der Waals surface area contributed by atoms with Crippen LogP contribution in [0, 0.1) is 0 Å². The predicted molar refractivity (Wildman–Crippen MR) is 296 cm³/mol. The normalized spacial score (nSPS) is 15.3. The highest BCUT2D eigenvalue weighted by molar-refractivity contribution is 8.34. The molecule has 13 rings (SSSR count). The highest BCUT2D eigenvalue weighted by atomic mass is 32.3. The van der Waals surface area contributed by atoms with Crippen LogP contribution in [0.5, 0.6) is 0 Å². The van der Waals surface area contributed by atoms with E-state index < -0.39 is 18.1 Å². The van der Waals surface area contributed by atoms with Crippen LogP contribution in [0.4, 0.5) is 11.4 Å². The van der Waals surface area contributed by atoms with Gasteiger partial charge < -0.3 is 9.47 Å². The number of hydrogen-bond acceptors (Lipinski definition) is 1. The fourth-order valence-corrected chi connectivity index (χ4v) is 20.7. The van der Waals surface area contributed by atoms with Gasteiger partial charge >= 0.3 is 0 Å². The van der Waals surface area contributed by atoms with E-state index in [9.17, 15) is 0 Å². The van der Waals surface area contributed by atoms with Crippen molar-refractivity contribution in [3.05, 3.63) is 302 Å². The Morgan fingerprint density at radius 1 is 0.371 bits per heavy atom. The Morgan fingerprint density at radius 2 is 0.829 bits per heavy atom. The minimum absolute atomic E-state index is 0.0193. The summed E-state index contributed by atoms with van der Waals surface area (Å²) in [6.45, 7) is 0. The van der Waals surface area contributed by atoms with Crippen LogP contribution < -0.4 is 25.6 Å². The van der Waals surface area contributed by atoms with Gasteiger partial charge in [-0.25, -0.2) is 0 Å². The van der Waals surface area contributed by atoms with Crippen LogP contribution in [0.1, 0.15) is 28.8 Å². The minimum Gasteiger partial charge on any atom is -0.333 e. The molecular weight excluding hydrogens is 881 g/mol. The van der Waals surface area contributed by atoms with Crippen molar-refractivity contribution in [2.24, 2.45) is 0 Å². The summed E-state index contributed by atoms with van der Waals surface area (Å²) < 4.78 is 2.54. The lowest BCUT2D eigenvalue weighted by Crippen LogP contribution is -2.74. The third-order valence-corrected chi connectivity index (χ3v) is 23.5. The summed E-state index contributed by atoms with van der Waals surface area (Å²) in [4.78, 5) is 7.91. The Balaban J connectivity index is 1.03. The summed E-state index contributed by atoms with van der Waals surface area (Å²) in [6.07, 6.45) is 4.91. The van der Waals surface area contributed by atoms with Gasteiger partial charge in [-0.3, -0.25) is 0 Å². The summed E-state index contributed by atoms with van der Waals surface area (Å²) in [5.41, 5.74) is 8.79. The number of rotatable bonds is 10. The van der Waals surface area contributed by atoms with Crippen LogP contribution in [0.25, 0.3) is 22.7 Å². The molecule has 334 valence electrons. The molecule has 1 aromatic heterocycles. The molecule has 10 aromatic carbocycles. The molecule has 0 N–H and O–H groups in total. The standard InChI is InChI=1S/C66H50N2SSi/c1-7-27-51(28-8-1)69(52-29-9-2-10-30-52,53-31-11-3-12-32-53)54-33-23-25-49(47-54)67-63-44-22-20-42-61(63)65-64(67)46-45-60-59-41-19-21-43-62(59)68(66(60)65)50-26-24-40-58(48-50)70(55-34-13-4-14-35-55,56-36-15-5-16-37-56)57-38-17-6-18-39-57/h1-48,60,66H. The molecule has 11 aromatic rings. The number of fused-ring (bicyclic) bond motifs is 7. The van der Waals surface area contributed by atoms with Crippen molar-refractivity contribution < 1.29 is 0 Å². The van der Waals surface area contributed by atoms with Gasteiger partial charge in [0.25, 0.3) is 0 Å². The second kappa shape index (κ2) is 17.4. The lowest BCUT2D eigenvalue weighted by molar-refractivity contribution is 0.669. The van der Waals surface area contributed by atoms with Crippen molar-refractivity contribution in [1.82, 2.24) is 4.57 Å². The fraction of sp³-hybridized carbons (Fsp3) is 0.0303. The third-order valence-electron chi connectivity index (χ3n) is 14.8. The van der Waals surface area contributed by atoms with Crippen molar-refractivity contribution in [1.29, 1.82) is 0 Å². The van der Waals surface area contributed by atoms with Crippen LogP contribution in [-0.2, 0) is 0 Å². The Kier molecular flexibility index (Phi) is 10.4. The number of anilines is 2. The summed E-state index contributed by atoms with van der Waals surface area (Å²) in [5.74, 6) is 0.156. The van der Waals surface area contributed by atoms with Crippen LogP contribution in [0.15, 0.2) is 305 Å². The van der Waals surface area contributed by atoms with Crippen LogP contribution in [0.2, 0.25) is 0 Å². The molecule has 2 aliphatic rings. The molecule has 1 aliphatic heterocycles. The zero-order valence-corrected chi connectivity index (χ0v) is 40.5. The molecule has 4 heteroatoms. The Bertz CT molecular complexity index is 3480. The molecule has 0 spiro atoms. The van der Waals surface area contributed by atoms with Crippen LogP contribution >= 0.6 is 10.0 Å². The topological polar surface area (TPSA) is 8.17 Å². The molecule has 70 heavy (non-hydrogen) atoms. The molecule has 0 radical (unpaired) electrons. The Labute approximate surface area is 413 Å². The summed E-state index contributed by atoms with van der Waals surface area (Å²) >= 11 is 0. The van der Waals surface area contributed by atoms with Gasteiger partial charge in [-0.2, -0.15) is 0 Å². The molecule has 0 bridgehead atoms. The maximum absolute atomic E-state index is 2.81. The maximum Gasteiger partial charge on any atom is 0.179 e. The summed E-state index contributed by atoms with van der Waals surface area (Å²) in [5, 5.41) is 6.76. The maximum atomic E-state index is 2.68. The van der Waals surface area contributed by atoms with Crippen LogP contribution in [-0.4, -0.2) is 12.6 Å². The van der Waals surface area contributed by atoms with Gasteiger partial charge in [0.1, 0.15) is 0 Å². The van der Waals surface area contributed by atoms with E-state index in [0.717, 1.165) is 5.69 Å². The molecule has 2 nitrogen and oxygen atoms in total. The first-order valence-corrected chi connectivity index (χ1v) is 28.0. The highest BCUT2D eigenvalue weighted by Crippen LogP contribution is 2.73. The van der Waals surface area contributed by atoms with Gasteiger partial charge in [-0.15, -0.1) is 10.0 Å². The number of aromatic nitrogens is 1. The molecule has 0 saturated heterocycles. The second-order valence-electron chi connectivity index (χ2n) is 18.4. The van der Waals surface area contributed by atoms with E-state index in [2.05, 4.69) is 301 Å². The number of para-hydroxylation sites is 2. The van der Waals surface area contributed by atoms with Gasteiger partial charge in [0.15, 0.2) is 8.07 Å². The first kappa shape index (κ1) is 42.0. The minimum atomic E-state index is -2.81. The van der Waals surface area contributed by atoms with Crippen LogP contribution in [0.3, 0.4) is 0 Å². The number of hydrogen-bond donors (Lipinski definition) is 0. The predicted octanol–water partition coefficient (Wildman–Crippen LogP) is 14.4. The Morgan fingerprint density at radius 3 is 1.41 bits per heavy atom. The zero-order valence-electron chi connectivity index (χ0n) is 38.7. The molecule has 2 atom stereocenters. The van der Waals surface area contributed by atoms with Gasteiger partial charge in [-0.1, -0.05) is 206 Å².